The third kappa shape index (κ3) is 3.47. The summed E-state index contributed by atoms with van der Waals surface area (Å²) in [5.41, 5.74) is 0. The van der Waals surface area contributed by atoms with Crippen molar-refractivity contribution >= 4 is 49.3 Å². The van der Waals surface area contributed by atoms with Gasteiger partial charge in [-0.15, -0.1) is 0 Å². The van der Waals surface area contributed by atoms with Gasteiger partial charge in [0.2, 0.25) is 10.0 Å². The second-order valence-electron chi connectivity index (χ2n) is 4.34. The number of benzene rings is 1. The van der Waals surface area contributed by atoms with Crippen molar-refractivity contribution in [2.24, 2.45) is 0 Å². The molecule has 1 aliphatic rings. The molecule has 7 heteroatoms. The van der Waals surface area contributed by atoms with Crippen molar-refractivity contribution in [2.45, 2.75) is 23.5 Å². The number of halogens is 2. The van der Waals surface area contributed by atoms with Crippen LogP contribution in [0.25, 0.3) is 0 Å². The number of nitrogens with zero attached hydrogens (tertiary/aromatic N) is 1. The first kappa shape index (κ1) is 15.6. The van der Waals surface area contributed by atoms with Gasteiger partial charge in [0.05, 0.1) is 9.92 Å². The predicted octanol–water partition coefficient (Wildman–Crippen LogP) is 3.62. The summed E-state index contributed by atoms with van der Waals surface area (Å²) in [7, 11) is -3.41. The van der Waals surface area contributed by atoms with E-state index >= 15 is 0 Å². The van der Waals surface area contributed by atoms with E-state index in [0.29, 0.717) is 32.7 Å². The molecule has 0 aliphatic carbocycles. The normalized spacial score (nSPS) is 21.5. The highest BCUT2D eigenvalue weighted by Gasteiger charge is 2.30. The highest BCUT2D eigenvalue weighted by atomic mass is 79.9. The van der Waals surface area contributed by atoms with Crippen molar-refractivity contribution in [1.82, 2.24) is 4.31 Å². The highest BCUT2D eigenvalue weighted by molar-refractivity contribution is 9.10. The summed E-state index contributed by atoms with van der Waals surface area (Å²) in [6.07, 6.45) is 0.987. The Kier molecular flexibility index (Phi) is 5.22. The lowest BCUT2D eigenvalue weighted by atomic mass is 10.3. The lowest BCUT2D eigenvalue weighted by Crippen LogP contribution is -2.41. The number of thioether (sulfide) groups is 1. The summed E-state index contributed by atoms with van der Waals surface area (Å²) in [5, 5.41) is 0.902. The Balaban J connectivity index is 2.28. The van der Waals surface area contributed by atoms with Crippen LogP contribution in [0.5, 0.6) is 0 Å². The van der Waals surface area contributed by atoms with Crippen LogP contribution in [0, 0.1) is 0 Å². The molecule has 1 aromatic carbocycles. The lowest BCUT2D eigenvalue weighted by Gasteiger charge is -2.31. The third-order valence-corrected chi connectivity index (χ3v) is 7.53. The van der Waals surface area contributed by atoms with Crippen molar-refractivity contribution in [3.8, 4) is 0 Å². The first-order valence-corrected chi connectivity index (χ1v) is 9.68. The fraction of sp³-hybridized carbons (Fsp3) is 0.500. The van der Waals surface area contributed by atoms with Gasteiger partial charge in [-0.2, -0.15) is 16.1 Å². The summed E-state index contributed by atoms with van der Waals surface area (Å²) in [5.74, 6) is 0.854. The molecule has 1 atom stereocenters. The minimum Gasteiger partial charge on any atom is -0.207 e. The van der Waals surface area contributed by atoms with Gasteiger partial charge in [-0.25, -0.2) is 8.42 Å². The molecule has 1 heterocycles. The molecule has 0 N–H and O–H groups in total. The van der Waals surface area contributed by atoms with E-state index in [1.165, 1.54) is 0 Å². The minimum atomic E-state index is -3.41. The van der Waals surface area contributed by atoms with Crippen molar-refractivity contribution in [3.63, 3.8) is 0 Å². The quantitative estimate of drug-likeness (QED) is 0.799. The molecule has 1 aromatic rings. The zero-order valence-corrected chi connectivity index (χ0v) is 14.4. The van der Waals surface area contributed by atoms with E-state index in [1.54, 1.807) is 22.5 Å². The molecule has 0 spiro atoms. The largest absolute Gasteiger partial charge is 0.243 e. The Hall–Kier alpha value is 0.250. The number of sulfonamides is 1. The van der Waals surface area contributed by atoms with Gasteiger partial charge in [0.1, 0.15) is 0 Å². The molecule has 3 nitrogen and oxygen atoms in total. The van der Waals surface area contributed by atoms with E-state index in [0.717, 1.165) is 12.2 Å². The zero-order valence-electron chi connectivity index (χ0n) is 10.5. The summed E-state index contributed by atoms with van der Waals surface area (Å²) in [4.78, 5) is 0.297. The third-order valence-electron chi connectivity index (χ3n) is 3.09. The highest BCUT2D eigenvalue weighted by Crippen LogP contribution is 2.29. The van der Waals surface area contributed by atoms with Crippen molar-refractivity contribution < 1.29 is 8.42 Å². The summed E-state index contributed by atoms with van der Waals surface area (Å²) in [6, 6.07) is 4.74. The maximum atomic E-state index is 12.6. The molecule has 0 bridgehead atoms. The Morgan fingerprint density at radius 1 is 1.53 bits per heavy atom. The summed E-state index contributed by atoms with van der Waals surface area (Å²) < 4.78 is 27.3. The molecule has 1 aliphatic heterocycles. The van der Waals surface area contributed by atoms with Gasteiger partial charge >= 0.3 is 0 Å². The van der Waals surface area contributed by atoms with Crippen LogP contribution in [0.1, 0.15) is 13.3 Å². The van der Waals surface area contributed by atoms with E-state index in [4.69, 9.17) is 11.6 Å². The van der Waals surface area contributed by atoms with Gasteiger partial charge in [0, 0.05) is 28.6 Å². The van der Waals surface area contributed by atoms with E-state index in [1.807, 2.05) is 11.8 Å². The molecule has 106 valence electrons. The lowest BCUT2D eigenvalue weighted by molar-refractivity contribution is 0.416. The molecule has 0 radical (unpaired) electrons. The van der Waals surface area contributed by atoms with E-state index in [-0.39, 0.29) is 0 Å². The van der Waals surface area contributed by atoms with Crippen molar-refractivity contribution in [2.75, 3.05) is 18.8 Å². The molecule has 2 rings (SSSR count). The van der Waals surface area contributed by atoms with Gasteiger partial charge in [-0.1, -0.05) is 18.5 Å². The second-order valence-corrected chi connectivity index (χ2v) is 8.95. The smallest absolute Gasteiger partial charge is 0.207 e. The van der Waals surface area contributed by atoms with Gasteiger partial charge in [-0.3, -0.25) is 0 Å². The molecule has 1 unspecified atom stereocenters. The summed E-state index contributed by atoms with van der Waals surface area (Å²) in [6.45, 7) is 3.25. The van der Waals surface area contributed by atoms with Gasteiger partial charge in [-0.05, 0) is 40.5 Å². The van der Waals surface area contributed by atoms with Crippen LogP contribution < -0.4 is 0 Å². The SMILES string of the molecule is CCC1CN(S(=O)(=O)c2ccc(Cl)c(Br)c2)CCS1. The maximum Gasteiger partial charge on any atom is 0.243 e. The van der Waals surface area contributed by atoms with E-state index in [9.17, 15) is 8.42 Å². The molecule has 19 heavy (non-hydrogen) atoms. The van der Waals surface area contributed by atoms with E-state index < -0.39 is 10.0 Å². The monoisotopic (exact) mass is 383 g/mol. The fourth-order valence-electron chi connectivity index (χ4n) is 1.94. The average Bonchev–Trinajstić information content (AvgIpc) is 2.41. The Morgan fingerprint density at radius 2 is 2.26 bits per heavy atom. The number of hydrogen-bond donors (Lipinski definition) is 0. The second kappa shape index (κ2) is 6.35. The number of rotatable bonds is 3. The fourth-order valence-corrected chi connectivity index (χ4v) is 5.49. The van der Waals surface area contributed by atoms with E-state index in [2.05, 4.69) is 22.9 Å². The maximum absolute atomic E-state index is 12.6. The molecule has 1 fully saturated rings. The van der Waals surface area contributed by atoms with Crippen LogP contribution in [-0.4, -0.2) is 36.8 Å². The number of hydrogen-bond acceptors (Lipinski definition) is 3. The van der Waals surface area contributed by atoms with Crippen molar-refractivity contribution in [3.05, 3.63) is 27.7 Å². The van der Waals surface area contributed by atoms with Crippen LogP contribution >= 0.6 is 39.3 Å². The summed E-state index contributed by atoms with van der Waals surface area (Å²) >= 11 is 11.0. The van der Waals surface area contributed by atoms with Crippen LogP contribution in [0.3, 0.4) is 0 Å². The zero-order chi connectivity index (χ0) is 14.0. The Labute approximate surface area is 131 Å². The first-order valence-electron chi connectivity index (χ1n) is 6.02. The molecule has 1 saturated heterocycles. The topological polar surface area (TPSA) is 37.4 Å². The van der Waals surface area contributed by atoms with Gasteiger partial charge in [0.15, 0.2) is 0 Å². The first-order chi connectivity index (χ1) is 8.95. The molecule has 0 saturated carbocycles. The Bertz CT molecular complexity index is 565. The standard InChI is InChI=1S/C12H15BrClNO2S2/c1-2-9-8-15(5-6-18-9)19(16,17)10-3-4-12(14)11(13)7-10/h3-4,7,9H,2,5-6,8H2,1H3. The van der Waals surface area contributed by atoms with Gasteiger partial charge < -0.3 is 0 Å². The van der Waals surface area contributed by atoms with Gasteiger partial charge in [0.25, 0.3) is 0 Å². The van der Waals surface area contributed by atoms with Crippen LogP contribution in [0.4, 0.5) is 0 Å². The minimum absolute atomic E-state index is 0.297. The molecular formula is C12H15BrClNO2S2. The molecule has 0 aromatic heterocycles. The van der Waals surface area contributed by atoms with Crippen LogP contribution in [0.2, 0.25) is 5.02 Å². The van der Waals surface area contributed by atoms with Crippen LogP contribution in [0.15, 0.2) is 27.6 Å². The predicted molar refractivity (Wildman–Crippen MR) is 84.4 cm³/mol. The molecule has 0 amide bonds. The molecular weight excluding hydrogens is 370 g/mol. The van der Waals surface area contributed by atoms with Crippen molar-refractivity contribution in [1.29, 1.82) is 0 Å². The average molecular weight is 385 g/mol. The Morgan fingerprint density at radius 3 is 2.89 bits per heavy atom. The van der Waals surface area contributed by atoms with Crippen LogP contribution in [-0.2, 0) is 10.0 Å².